The van der Waals surface area contributed by atoms with Crippen molar-refractivity contribution in [3.63, 3.8) is 0 Å². The Morgan fingerprint density at radius 2 is 1.23 bits per heavy atom. The molecule has 3 fully saturated rings. The van der Waals surface area contributed by atoms with E-state index in [2.05, 4.69) is 16.0 Å². The average molecular weight is 751 g/mol. The molecule has 1 saturated carbocycles. The van der Waals surface area contributed by atoms with Gasteiger partial charge in [0.1, 0.15) is 47.3 Å². The molecule has 0 bridgehead atoms. The second-order valence-corrected chi connectivity index (χ2v) is 16.8. The van der Waals surface area contributed by atoms with E-state index in [9.17, 15) is 34.8 Å². The highest BCUT2D eigenvalue weighted by Crippen LogP contribution is 2.35. The molecule has 3 amide bonds. The number of rotatable bonds is 9. The molecule has 0 aromatic rings. The molecule has 6 unspecified atom stereocenters. The number of alkyl carbamates (subject to hydrolysis) is 3. The zero-order valence-corrected chi connectivity index (χ0v) is 32.0. The molecule has 0 radical (unpaired) electrons. The minimum absolute atomic E-state index is 0.0402. The highest BCUT2D eigenvalue weighted by Gasteiger charge is 2.51. The molecule has 3 aliphatic rings. The molecule has 2 heterocycles. The molecule has 0 aromatic carbocycles. The normalized spacial score (nSPS) is 35.9. The van der Waals surface area contributed by atoms with E-state index in [1.807, 2.05) is 0 Å². The van der Waals surface area contributed by atoms with Crippen molar-refractivity contribution in [2.45, 2.75) is 179 Å². The summed E-state index contributed by atoms with van der Waals surface area (Å²) in [6, 6.07) is -2.90. The Kier molecular flexibility index (Phi) is 14.9. The summed E-state index contributed by atoms with van der Waals surface area (Å²) in [6.07, 6.45) is -12.5. The molecule has 0 spiro atoms. The van der Waals surface area contributed by atoms with Crippen LogP contribution < -0.4 is 21.7 Å². The molecule has 18 nitrogen and oxygen atoms in total. The standard InChI is InChI=1S/C34H62N4O14/c1-16-13-19(38-31(45)52-34(8,9)10)26(24(42)25(16)48-28-23(41)21(35)22(40)20(15-39)47-28)49-27-18(37-30(44)51-33(5,6)7)12-11-17(46-27)14-36-29(43)50-32(2,3)4/h16-28,39-42H,11-15,35H2,1-10H3,(H,36,43)(H,37,44)(H,38,45)/t16-,17?,18?,19+,20?,21+,22+,23?,24?,25-,26?,27+,28+/m1/s1. The maximum atomic E-state index is 13.0. The van der Waals surface area contributed by atoms with Crippen LogP contribution in [-0.4, -0.2) is 142 Å². The second kappa shape index (κ2) is 17.7. The summed E-state index contributed by atoms with van der Waals surface area (Å²) in [5.41, 5.74) is 3.62. The Morgan fingerprint density at radius 1 is 0.712 bits per heavy atom. The number of aliphatic hydroxyl groups is 4. The van der Waals surface area contributed by atoms with Crippen molar-refractivity contribution in [1.82, 2.24) is 16.0 Å². The second-order valence-electron chi connectivity index (χ2n) is 16.8. The minimum atomic E-state index is -1.52. The topological polar surface area (TPSA) is 259 Å². The van der Waals surface area contributed by atoms with Gasteiger partial charge in [0.25, 0.3) is 0 Å². The lowest BCUT2D eigenvalue weighted by Crippen LogP contribution is -2.66. The van der Waals surface area contributed by atoms with E-state index in [1.54, 1.807) is 69.2 Å². The van der Waals surface area contributed by atoms with Crippen LogP contribution in [0.2, 0.25) is 0 Å². The largest absolute Gasteiger partial charge is 0.444 e. The molecule has 1 aliphatic carbocycles. The van der Waals surface area contributed by atoms with Crippen molar-refractivity contribution in [3.05, 3.63) is 0 Å². The number of hydrogen-bond donors (Lipinski definition) is 8. The van der Waals surface area contributed by atoms with Crippen LogP contribution in [0.3, 0.4) is 0 Å². The van der Waals surface area contributed by atoms with Gasteiger partial charge in [0.05, 0.1) is 36.9 Å². The van der Waals surface area contributed by atoms with Gasteiger partial charge in [-0.3, -0.25) is 0 Å². The van der Waals surface area contributed by atoms with E-state index < -0.39 is 121 Å². The van der Waals surface area contributed by atoms with Gasteiger partial charge in [-0.15, -0.1) is 0 Å². The van der Waals surface area contributed by atoms with Gasteiger partial charge in [0.15, 0.2) is 12.6 Å². The summed E-state index contributed by atoms with van der Waals surface area (Å²) < 4.78 is 40.8. The summed E-state index contributed by atoms with van der Waals surface area (Å²) in [5, 5.41) is 51.0. The average Bonchev–Trinajstić information content (AvgIpc) is 2.98. The number of aliphatic hydroxyl groups excluding tert-OH is 4. The van der Waals surface area contributed by atoms with Gasteiger partial charge in [-0.25, -0.2) is 14.4 Å². The zero-order chi connectivity index (χ0) is 39.3. The first-order valence-electron chi connectivity index (χ1n) is 17.9. The zero-order valence-electron chi connectivity index (χ0n) is 32.0. The number of nitrogens with two attached hydrogens (primary N) is 1. The van der Waals surface area contributed by atoms with E-state index >= 15 is 0 Å². The lowest BCUT2D eigenvalue weighted by atomic mass is 9.80. The van der Waals surface area contributed by atoms with E-state index in [-0.39, 0.29) is 13.0 Å². The van der Waals surface area contributed by atoms with Gasteiger partial charge >= 0.3 is 18.3 Å². The molecule has 0 aromatic heterocycles. The molecule has 3 rings (SSSR count). The summed E-state index contributed by atoms with van der Waals surface area (Å²) >= 11 is 0. The monoisotopic (exact) mass is 750 g/mol. The van der Waals surface area contributed by atoms with Crippen molar-refractivity contribution >= 4 is 18.3 Å². The van der Waals surface area contributed by atoms with Crippen molar-refractivity contribution in [2.75, 3.05) is 13.2 Å². The third-order valence-corrected chi connectivity index (χ3v) is 8.51. The van der Waals surface area contributed by atoms with Crippen LogP contribution in [0, 0.1) is 5.92 Å². The Bertz CT molecular complexity index is 1190. The fourth-order valence-corrected chi connectivity index (χ4v) is 6.20. The summed E-state index contributed by atoms with van der Waals surface area (Å²) in [5.74, 6) is -0.491. The fraction of sp³-hybridized carbons (Fsp3) is 0.912. The van der Waals surface area contributed by atoms with Crippen LogP contribution >= 0.6 is 0 Å². The van der Waals surface area contributed by atoms with E-state index in [0.29, 0.717) is 12.8 Å². The quantitative estimate of drug-likeness (QED) is 0.151. The van der Waals surface area contributed by atoms with Crippen molar-refractivity contribution < 1.29 is 68.0 Å². The van der Waals surface area contributed by atoms with Crippen molar-refractivity contribution in [1.29, 1.82) is 0 Å². The number of nitrogens with one attached hydrogen (secondary N) is 3. The molecule has 2 saturated heterocycles. The predicted octanol–water partition coefficient (Wildman–Crippen LogP) is 0.740. The lowest BCUT2D eigenvalue weighted by molar-refractivity contribution is -0.318. The molecule has 18 heteroatoms. The van der Waals surface area contributed by atoms with Crippen LogP contribution in [0.4, 0.5) is 14.4 Å². The molecule has 9 N–H and O–H groups in total. The summed E-state index contributed by atoms with van der Waals surface area (Å²) in [4.78, 5) is 38.3. The van der Waals surface area contributed by atoms with Gasteiger partial charge in [-0.2, -0.15) is 0 Å². The predicted molar refractivity (Wildman–Crippen MR) is 184 cm³/mol. The highest BCUT2D eigenvalue weighted by atomic mass is 16.7. The number of hydrogen-bond acceptors (Lipinski definition) is 15. The Hall–Kier alpha value is -2.55. The van der Waals surface area contributed by atoms with Crippen molar-refractivity contribution in [2.24, 2.45) is 11.7 Å². The molecule has 302 valence electrons. The fourth-order valence-electron chi connectivity index (χ4n) is 6.20. The third kappa shape index (κ3) is 13.1. The number of carbonyl (C=O) groups is 3. The van der Waals surface area contributed by atoms with Crippen LogP contribution in [0.1, 0.15) is 88.5 Å². The molecule has 2 aliphatic heterocycles. The van der Waals surface area contributed by atoms with Crippen LogP contribution in [-0.2, 0) is 33.2 Å². The maximum absolute atomic E-state index is 13.0. The first-order chi connectivity index (χ1) is 23.9. The van der Waals surface area contributed by atoms with E-state index in [1.165, 1.54) is 0 Å². The first kappa shape index (κ1) is 43.9. The van der Waals surface area contributed by atoms with Gasteiger partial charge < -0.3 is 75.3 Å². The summed E-state index contributed by atoms with van der Waals surface area (Å²) in [6.45, 7) is 16.6. The van der Waals surface area contributed by atoms with Gasteiger partial charge in [0.2, 0.25) is 0 Å². The van der Waals surface area contributed by atoms with Crippen LogP contribution in [0.5, 0.6) is 0 Å². The van der Waals surface area contributed by atoms with Gasteiger partial charge in [0, 0.05) is 6.54 Å². The Morgan fingerprint density at radius 3 is 1.77 bits per heavy atom. The first-order valence-corrected chi connectivity index (χ1v) is 17.9. The van der Waals surface area contributed by atoms with Gasteiger partial charge in [-0.1, -0.05) is 6.92 Å². The smallest absolute Gasteiger partial charge is 0.408 e. The van der Waals surface area contributed by atoms with E-state index in [0.717, 1.165) is 0 Å². The van der Waals surface area contributed by atoms with Crippen LogP contribution in [0.15, 0.2) is 0 Å². The molecular weight excluding hydrogens is 688 g/mol. The van der Waals surface area contributed by atoms with Crippen molar-refractivity contribution in [3.8, 4) is 0 Å². The Balaban J connectivity index is 1.91. The Labute approximate surface area is 305 Å². The number of ether oxygens (including phenoxy) is 7. The van der Waals surface area contributed by atoms with E-state index in [4.69, 9.17) is 38.9 Å². The number of amides is 3. The number of carbonyl (C=O) groups excluding carboxylic acids is 3. The molecule has 13 atom stereocenters. The molecule has 52 heavy (non-hydrogen) atoms. The third-order valence-electron chi connectivity index (χ3n) is 8.51. The maximum Gasteiger partial charge on any atom is 0.408 e. The minimum Gasteiger partial charge on any atom is -0.444 e. The van der Waals surface area contributed by atoms with Gasteiger partial charge in [-0.05, 0) is 87.5 Å². The molecular formula is C34H62N4O14. The highest BCUT2D eigenvalue weighted by molar-refractivity contribution is 5.69. The van der Waals surface area contributed by atoms with Crippen LogP contribution in [0.25, 0.3) is 0 Å². The SMILES string of the molecule is C[C@@H]1C[C@H](NC(=O)OC(C)(C)C)C(O[C@@H]2OC(CNC(=O)OC(C)(C)C)CCC2NC(=O)OC(C)(C)C)C(O)[C@@H]1O[C@@H]1OC(CO)[C@H](O)[C@H](N)C1O. The lowest BCUT2D eigenvalue weighted by Gasteiger charge is -2.48. The summed E-state index contributed by atoms with van der Waals surface area (Å²) in [7, 11) is 0.